The molecule has 0 N–H and O–H groups in total. The van der Waals surface area contributed by atoms with Crippen LogP contribution in [0.1, 0.15) is 43.4 Å². The molecule has 7 heteroatoms. The molecule has 3 aromatic rings. The Bertz CT molecular complexity index is 953. The Hall–Kier alpha value is -2.83. The molecular weight excluding hydrogens is 342 g/mol. The lowest BCUT2D eigenvalue weighted by atomic mass is 9.97. The van der Waals surface area contributed by atoms with E-state index in [1.165, 1.54) is 5.56 Å². The van der Waals surface area contributed by atoms with Gasteiger partial charge in [-0.2, -0.15) is 9.61 Å². The molecule has 1 aromatic carbocycles. The van der Waals surface area contributed by atoms with E-state index in [4.69, 9.17) is 9.47 Å². The highest BCUT2D eigenvalue weighted by Crippen LogP contribution is 2.40. The van der Waals surface area contributed by atoms with E-state index in [1.807, 2.05) is 12.1 Å². The molecule has 142 valence electrons. The highest BCUT2D eigenvalue weighted by atomic mass is 16.5. The number of nitrogens with zero attached hydrogens (tertiary/aromatic N) is 5. The van der Waals surface area contributed by atoms with Crippen LogP contribution in [0.5, 0.6) is 11.5 Å². The van der Waals surface area contributed by atoms with Gasteiger partial charge >= 0.3 is 0 Å². The molecule has 0 bridgehead atoms. The summed E-state index contributed by atoms with van der Waals surface area (Å²) in [5.41, 5.74) is 4.13. The van der Waals surface area contributed by atoms with E-state index in [-0.39, 0.29) is 0 Å². The zero-order valence-corrected chi connectivity index (χ0v) is 16.2. The average molecular weight is 367 g/mol. The summed E-state index contributed by atoms with van der Waals surface area (Å²) in [6.45, 7) is 6.15. The quantitative estimate of drug-likeness (QED) is 0.690. The average Bonchev–Trinajstić information content (AvgIpc) is 3.35. The second-order valence-corrected chi connectivity index (χ2v) is 7.22. The lowest BCUT2D eigenvalue weighted by Gasteiger charge is -2.21. The van der Waals surface area contributed by atoms with Gasteiger partial charge in [0.15, 0.2) is 11.5 Å². The number of methoxy groups -OCH3 is 2. The monoisotopic (exact) mass is 367 g/mol. The van der Waals surface area contributed by atoms with Crippen LogP contribution in [-0.4, -0.2) is 47.1 Å². The third kappa shape index (κ3) is 3.07. The molecule has 3 heterocycles. The number of fused-ring (bicyclic) bond motifs is 1. The third-order valence-corrected chi connectivity index (χ3v) is 5.26. The number of aromatic nitrogens is 4. The molecule has 1 atom stereocenters. The topological polar surface area (TPSA) is 64.8 Å². The highest BCUT2D eigenvalue weighted by Gasteiger charge is 2.29. The molecule has 7 nitrogen and oxygen atoms in total. The van der Waals surface area contributed by atoms with Gasteiger partial charge < -0.3 is 14.4 Å². The Kier molecular flexibility index (Phi) is 4.59. The number of ether oxygens (including phenoxy) is 2. The van der Waals surface area contributed by atoms with E-state index in [2.05, 4.69) is 46.2 Å². The molecular formula is C20H25N5O2. The van der Waals surface area contributed by atoms with Gasteiger partial charge in [-0.05, 0) is 24.5 Å². The van der Waals surface area contributed by atoms with Crippen LogP contribution in [-0.2, 0) is 0 Å². The van der Waals surface area contributed by atoms with Gasteiger partial charge in [0.05, 0.1) is 25.6 Å². The Balaban J connectivity index is 1.68. The van der Waals surface area contributed by atoms with E-state index >= 15 is 0 Å². The van der Waals surface area contributed by atoms with Crippen molar-refractivity contribution in [1.82, 2.24) is 19.8 Å². The molecule has 1 saturated heterocycles. The van der Waals surface area contributed by atoms with Crippen LogP contribution in [0.15, 0.2) is 30.6 Å². The Labute approximate surface area is 158 Å². The summed E-state index contributed by atoms with van der Waals surface area (Å²) in [5.74, 6) is 2.32. The lowest BCUT2D eigenvalue weighted by Crippen LogP contribution is -2.21. The maximum atomic E-state index is 5.65. The van der Waals surface area contributed by atoms with Crippen LogP contribution >= 0.6 is 0 Å². The third-order valence-electron chi connectivity index (χ3n) is 5.26. The number of hydrogen-bond donors (Lipinski definition) is 0. The van der Waals surface area contributed by atoms with E-state index in [1.54, 1.807) is 25.1 Å². The van der Waals surface area contributed by atoms with Crippen LogP contribution in [0, 0.1) is 0 Å². The molecule has 2 aromatic heterocycles. The van der Waals surface area contributed by atoms with E-state index in [9.17, 15) is 0 Å². The standard InChI is InChI=1S/C20H25N5O2/c1-13(2)16-10-17(20-22-21-12-25(20)23-16)24-9-8-14(11-24)15-6-5-7-18(26-3)19(15)27-4/h5-7,10,12-14H,8-9,11H2,1-4H3. The lowest BCUT2D eigenvalue weighted by molar-refractivity contribution is 0.350. The first-order valence-corrected chi connectivity index (χ1v) is 9.29. The predicted octanol–water partition coefficient (Wildman–Crippen LogP) is 3.26. The zero-order chi connectivity index (χ0) is 19.0. The maximum Gasteiger partial charge on any atom is 0.200 e. The Morgan fingerprint density at radius 2 is 2.04 bits per heavy atom. The van der Waals surface area contributed by atoms with Crippen LogP contribution in [0.25, 0.3) is 5.65 Å². The van der Waals surface area contributed by atoms with Crippen molar-refractivity contribution in [2.45, 2.75) is 32.1 Å². The molecule has 1 aliphatic rings. The summed E-state index contributed by atoms with van der Waals surface area (Å²) in [7, 11) is 3.38. The molecule has 1 fully saturated rings. The SMILES string of the molecule is COc1cccc(C2CCN(c3cc(C(C)C)nn4cnnc34)C2)c1OC. The van der Waals surface area contributed by atoms with Gasteiger partial charge in [0, 0.05) is 24.6 Å². The number of hydrogen-bond acceptors (Lipinski definition) is 6. The van der Waals surface area contributed by atoms with Crippen molar-refractivity contribution in [2.75, 3.05) is 32.2 Å². The molecule has 27 heavy (non-hydrogen) atoms. The number of rotatable bonds is 5. The fourth-order valence-corrected chi connectivity index (χ4v) is 3.81. The largest absolute Gasteiger partial charge is 0.493 e. The summed E-state index contributed by atoms with van der Waals surface area (Å²) in [6.07, 6.45) is 2.71. The normalized spacial score (nSPS) is 17.1. The summed E-state index contributed by atoms with van der Waals surface area (Å²) in [5, 5.41) is 13.0. The predicted molar refractivity (Wildman–Crippen MR) is 104 cm³/mol. The zero-order valence-electron chi connectivity index (χ0n) is 16.2. The molecule has 1 unspecified atom stereocenters. The van der Waals surface area contributed by atoms with Gasteiger partial charge in [-0.25, -0.2) is 0 Å². The Morgan fingerprint density at radius 1 is 1.19 bits per heavy atom. The van der Waals surface area contributed by atoms with Gasteiger partial charge in [0.25, 0.3) is 0 Å². The summed E-state index contributed by atoms with van der Waals surface area (Å²) in [6, 6.07) is 8.25. The molecule has 0 saturated carbocycles. The summed E-state index contributed by atoms with van der Waals surface area (Å²) < 4.78 is 12.9. The molecule has 0 amide bonds. The van der Waals surface area contributed by atoms with Crippen molar-refractivity contribution in [3.8, 4) is 11.5 Å². The van der Waals surface area contributed by atoms with Gasteiger partial charge in [-0.1, -0.05) is 26.0 Å². The van der Waals surface area contributed by atoms with Gasteiger partial charge in [-0.15, -0.1) is 10.2 Å². The van der Waals surface area contributed by atoms with Crippen molar-refractivity contribution >= 4 is 11.3 Å². The summed E-state index contributed by atoms with van der Waals surface area (Å²) >= 11 is 0. The fraction of sp³-hybridized carbons (Fsp3) is 0.450. The second kappa shape index (κ2) is 7.06. The maximum absolute atomic E-state index is 5.65. The van der Waals surface area contributed by atoms with Crippen molar-refractivity contribution in [2.24, 2.45) is 0 Å². The van der Waals surface area contributed by atoms with Crippen molar-refractivity contribution in [1.29, 1.82) is 0 Å². The highest BCUT2D eigenvalue weighted by molar-refractivity contribution is 5.69. The van der Waals surface area contributed by atoms with E-state index < -0.39 is 0 Å². The number of benzene rings is 1. The molecule has 0 radical (unpaired) electrons. The van der Waals surface area contributed by atoms with Crippen molar-refractivity contribution in [3.63, 3.8) is 0 Å². The second-order valence-electron chi connectivity index (χ2n) is 7.22. The van der Waals surface area contributed by atoms with Gasteiger partial charge in [0.2, 0.25) is 5.65 Å². The minimum absolute atomic E-state index is 0.340. The molecule has 0 aliphatic carbocycles. The fourth-order valence-electron chi connectivity index (χ4n) is 3.81. The molecule has 1 aliphatic heterocycles. The van der Waals surface area contributed by atoms with Crippen molar-refractivity contribution in [3.05, 3.63) is 41.9 Å². The first-order chi connectivity index (χ1) is 13.1. The molecule has 4 rings (SSSR count). The van der Waals surface area contributed by atoms with E-state index in [0.717, 1.165) is 48.0 Å². The van der Waals surface area contributed by atoms with Crippen LogP contribution < -0.4 is 14.4 Å². The first-order valence-electron chi connectivity index (χ1n) is 9.29. The summed E-state index contributed by atoms with van der Waals surface area (Å²) in [4.78, 5) is 2.38. The smallest absolute Gasteiger partial charge is 0.200 e. The first kappa shape index (κ1) is 17.6. The number of anilines is 1. The van der Waals surface area contributed by atoms with Crippen LogP contribution in [0.2, 0.25) is 0 Å². The minimum atomic E-state index is 0.340. The number of para-hydroxylation sites is 1. The van der Waals surface area contributed by atoms with Crippen molar-refractivity contribution < 1.29 is 9.47 Å². The Morgan fingerprint density at radius 3 is 2.78 bits per heavy atom. The minimum Gasteiger partial charge on any atom is -0.493 e. The van der Waals surface area contributed by atoms with Gasteiger partial charge in [-0.3, -0.25) is 0 Å². The van der Waals surface area contributed by atoms with Gasteiger partial charge in [0.1, 0.15) is 6.33 Å². The molecule has 0 spiro atoms. The van der Waals surface area contributed by atoms with Crippen LogP contribution in [0.3, 0.4) is 0 Å². The van der Waals surface area contributed by atoms with E-state index in [0.29, 0.717) is 11.8 Å². The van der Waals surface area contributed by atoms with Crippen LogP contribution in [0.4, 0.5) is 5.69 Å².